The highest BCUT2D eigenvalue weighted by molar-refractivity contribution is 6.32. The molecule has 2 nitrogen and oxygen atoms in total. The van der Waals surface area contributed by atoms with Gasteiger partial charge < -0.3 is 10.5 Å². The Labute approximate surface area is 89.0 Å². The van der Waals surface area contributed by atoms with Gasteiger partial charge in [0.15, 0.2) is 0 Å². The molecule has 0 radical (unpaired) electrons. The minimum absolute atomic E-state index is 0.169. The van der Waals surface area contributed by atoms with Crippen molar-refractivity contribution in [2.75, 3.05) is 6.61 Å². The zero-order valence-corrected chi connectivity index (χ0v) is 8.92. The molecule has 0 saturated carbocycles. The maximum Gasteiger partial charge on any atom is 0.141 e. The summed E-state index contributed by atoms with van der Waals surface area (Å²) in [5.41, 5.74) is 7.02. The average molecular weight is 212 g/mol. The molecule has 0 fully saturated rings. The van der Waals surface area contributed by atoms with Crippen molar-refractivity contribution in [1.82, 2.24) is 0 Å². The third kappa shape index (κ3) is 1.72. The number of ether oxygens (including phenoxy) is 1. The Kier molecular flexibility index (Phi) is 2.66. The molecule has 0 aliphatic carbocycles. The second kappa shape index (κ2) is 3.79. The van der Waals surface area contributed by atoms with Gasteiger partial charge in [0.05, 0.1) is 11.6 Å². The van der Waals surface area contributed by atoms with Crippen LogP contribution in [0.4, 0.5) is 0 Å². The lowest BCUT2D eigenvalue weighted by atomic mass is 9.92. The third-order valence-electron chi connectivity index (χ3n) is 2.72. The standard InChI is InChI=1S/C11H14ClNO/c1-7(13)9-5-8-3-2-4-10(12)11(8)14-6-9/h2-4,7,9H,5-6,13H2,1H3/t7-,9?/m1/s1. The molecule has 76 valence electrons. The molecule has 14 heavy (non-hydrogen) atoms. The number of halogens is 1. The van der Waals surface area contributed by atoms with Crippen LogP contribution < -0.4 is 10.5 Å². The monoisotopic (exact) mass is 211 g/mol. The first-order valence-electron chi connectivity index (χ1n) is 4.84. The lowest BCUT2D eigenvalue weighted by Gasteiger charge is -2.28. The van der Waals surface area contributed by atoms with Crippen molar-refractivity contribution in [2.45, 2.75) is 19.4 Å². The number of rotatable bonds is 1. The summed E-state index contributed by atoms with van der Waals surface area (Å²) in [4.78, 5) is 0. The Morgan fingerprint density at radius 2 is 2.36 bits per heavy atom. The molecule has 0 aromatic heterocycles. The molecule has 0 bridgehead atoms. The van der Waals surface area contributed by atoms with Crippen LogP contribution in [-0.4, -0.2) is 12.6 Å². The van der Waals surface area contributed by atoms with Crippen molar-refractivity contribution in [3.63, 3.8) is 0 Å². The Bertz CT molecular complexity index is 338. The van der Waals surface area contributed by atoms with Crippen molar-refractivity contribution in [2.24, 2.45) is 11.7 Å². The molecule has 3 heteroatoms. The summed E-state index contributed by atoms with van der Waals surface area (Å²) in [6.45, 7) is 2.69. The lowest BCUT2D eigenvalue weighted by Crippen LogP contribution is -2.35. The minimum Gasteiger partial charge on any atom is -0.491 e. The second-order valence-electron chi connectivity index (χ2n) is 3.86. The first-order chi connectivity index (χ1) is 6.68. The van der Waals surface area contributed by atoms with Gasteiger partial charge in [-0.15, -0.1) is 0 Å². The van der Waals surface area contributed by atoms with Gasteiger partial charge in [0.2, 0.25) is 0 Å². The van der Waals surface area contributed by atoms with Gasteiger partial charge in [-0.25, -0.2) is 0 Å². The van der Waals surface area contributed by atoms with E-state index in [4.69, 9.17) is 22.1 Å². The Morgan fingerprint density at radius 1 is 1.57 bits per heavy atom. The largest absolute Gasteiger partial charge is 0.491 e. The molecule has 2 rings (SSSR count). The number of hydrogen-bond donors (Lipinski definition) is 1. The van der Waals surface area contributed by atoms with E-state index in [2.05, 4.69) is 6.07 Å². The summed E-state index contributed by atoms with van der Waals surface area (Å²) < 4.78 is 5.62. The van der Waals surface area contributed by atoms with E-state index in [-0.39, 0.29) is 6.04 Å². The minimum atomic E-state index is 0.169. The van der Waals surface area contributed by atoms with Gasteiger partial charge in [-0.1, -0.05) is 23.7 Å². The molecule has 0 spiro atoms. The van der Waals surface area contributed by atoms with Crippen LogP contribution in [0.5, 0.6) is 5.75 Å². The smallest absolute Gasteiger partial charge is 0.141 e. The van der Waals surface area contributed by atoms with Crippen molar-refractivity contribution >= 4 is 11.6 Å². The molecular weight excluding hydrogens is 198 g/mol. The average Bonchev–Trinajstić information content (AvgIpc) is 2.17. The van der Waals surface area contributed by atoms with Crippen LogP contribution in [0.15, 0.2) is 18.2 Å². The quantitative estimate of drug-likeness (QED) is 0.773. The summed E-state index contributed by atoms with van der Waals surface area (Å²) in [5, 5.41) is 0.700. The van der Waals surface area contributed by atoms with Crippen molar-refractivity contribution in [3.05, 3.63) is 28.8 Å². The highest BCUT2D eigenvalue weighted by Crippen LogP contribution is 2.34. The summed E-state index contributed by atoms with van der Waals surface area (Å²) in [7, 11) is 0. The van der Waals surface area contributed by atoms with Crippen LogP contribution >= 0.6 is 11.6 Å². The van der Waals surface area contributed by atoms with Gasteiger partial charge in [-0.2, -0.15) is 0 Å². The summed E-state index contributed by atoms with van der Waals surface area (Å²) >= 11 is 6.01. The van der Waals surface area contributed by atoms with E-state index in [1.807, 2.05) is 19.1 Å². The Balaban J connectivity index is 2.27. The molecule has 1 aliphatic rings. The van der Waals surface area contributed by atoms with Gasteiger partial charge in [0, 0.05) is 12.0 Å². The molecule has 0 amide bonds. The van der Waals surface area contributed by atoms with Crippen LogP contribution in [0, 0.1) is 5.92 Å². The first-order valence-corrected chi connectivity index (χ1v) is 5.22. The van der Waals surface area contributed by atoms with E-state index in [1.165, 1.54) is 5.56 Å². The van der Waals surface area contributed by atoms with Crippen molar-refractivity contribution in [1.29, 1.82) is 0 Å². The fourth-order valence-electron chi connectivity index (χ4n) is 1.75. The summed E-state index contributed by atoms with van der Waals surface area (Å²) in [6.07, 6.45) is 0.966. The number of hydrogen-bond acceptors (Lipinski definition) is 2. The highest BCUT2D eigenvalue weighted by Gasteiger charge is 2.23. The number of para-hydroxylation sites is 1. The fraction of sp³-hybridized carbons (Fsp3) is 0.455. The van der Waals surface area contributed by atoms with Gasteiger partial charge in [-0.05, 0) is 25.0 Å². The van der Waals surface area contributed by atoms with Crippen molar-refractivity contribution in [3.8, 4) is 5.75 Å². The van der Waals surface area contributed by atoms with E-state index in [0.29, 0.717) is 17.5 Å². The van der Waals surface area contributed by atoms with Crippen LogP contribution in [0.1, 0.15) is 12.5 Å². The highest BCUT2D eigenvalue weighted by atomic mass is 35.5. The van der Waals surface area contributed by atoms with Gasteiger partial charge in [0.1, 0.15) is 5.75 Å². The molecule has 1 aliphatic heterocycles. The molecule has 1 heterocycles. The zero-order valence-electron chi connectivity index (χ0n) is 8.16. The number of benzene rings is 1. The Morgan fingerprint density at radius 3 is 3.07 bits per heavy atom. The number of nitrogens with two attached hydrogens (primary N) is 1. The molecule has 0 saturated heterocycles. The third-order valence-corrected chi connectivity index (χ3v) is 3.01. The van der Waals surface area contributed by atoms with Gasteiger partial charge in [0.25, 0.3) is 0 Å². The topological polar surface area (TPSA) is 35.2 Å². The van der Waals surface area contributed by atoms with E-state index in [0.717, 1.165) is 12.2 Å². The maximum absolute atomic E-state index is 6.01. The molecule has 1 aromatic rings. The molecule has 1 aromatic carbocycles. The fourth-order valence-corrected chi connectivity index (χ4v) is 1.99. The summed E-state index contributed by atoms with van der Waals surface area (Å²) in [6, 6.07) is 6.03. The van der Waals surface area contributed by atoms with Gasteiger partial charge in [-0.3, -0.25) is 0 Å². The molecule has 2 atom stereocenters. The SMILES string of the molecule is C[C@@H](N)C1COc2c(Cl)cccc2C1. The molecular formula is C11H14ClNO. The van der Waals surface area contributed by atoms with Gasteiger partial charge >= 0.3 is 0 Å². The number of fused-ring (bicyclic) bond motifs is 1. The van der Waals surface area contributed by atoms with Crippen LogP contribution in [0.3, 0.4) is 0 Å². The Hall–Kier alpha value is -0.730. The van der Waals surface area contributed by atoms with E-state index < -0.39 is 0 Å². The summed E-state index contributed by atoms with van der Waals surface area (Å²) in [5.74, 6) is 1.24. The van der Waals surface area contributed by atoms with Crippen LogP contribution in [-0.2, 0) is 6.42 Å². The lowest BCUT2D eigenvalue weighted by molar-refractivity contribution is 0.204. The molecule has 1 unspecified atom stereocenters. The predicted octanol–water partition coefficient (Wildman–Crippen LogP) is 2.24. The predicted molar refractivity (Wildman–Crippen MR) is 57.8 cm³/mol. The van der Waals surface area contributed by atoms with E-state index in [1.54, 1.807) is 0 Å². The normalized spacial score (nSPS) is 22.4. The zero-order chi connectivity index (χ0) is 10.1. The van der Waals surface area contributed by atoms with E-state index in [9.17, 15) is 0 Å². The van der Waals surface area contributed by atoms with Crippen LogP contribution in [0.2, 0.25) is 5.02 Å². The van der Waals surface area contributed by atoms with Crippen LogP contribution in [0.25, 0.3) is 0 Å². The van der Waals surface area contributed by atoms with E-state index >= 15 is 0 Å². The first kappa shape index (κ1) is 9.81. The second-order valence-corrected chi connectivity index (χ2v) is 4.27. The molecule has 2 N–H and O–H groups in total. The maximum atomic E-state index is 6.01. The van der Waals surface area contributed by atoms with Crippen molar-refractivity contribution < 1.29 is 4.74 Å².